The molecule has 0 saturated carbocycles. The maximum absolute atomic E-state index is 11.3. The number of benzene rings is 2. The number of halogens is 1. The highest BCUT2D eigenvalue weighted by molar-refractivity contribution is 7.86. The van der Waals surface area contributed by atoms with E-state index >= 15 is 0 Å². The molecular formula is C16H13ClN4O6S2. The second kappa shape index (κ2) is 7.93. The lowest BCUT2D eigenvalue weighted by Crippen LogP contribution is -2.03. The van der Waals surface area contributed by atoms with Crippen LogP contribution in [0, 0.1) is 0 Å². The van der Waals surface area contributed by atoms with E-state index in [4.69, 9.17) is 20.7 Å². The average Bonchev–Trinajstić information content (AvgIpc) is 2.60. The van der Waals surface area contributed by atoms with Crippen molar-refractivity contribution < 1.29 is 25.9 Å². The van der Waals surface area contributed by atoms with Gasteiger partial charge in [0.25, 0.3) is 20.2 Å². The fourth-order valence-corrected chi connectivity index (χ4v) is 3.52. The first kappa shape index (κ1) is 21.0. The molecular weight excluding hydrogens is 444 g/mol. The van der Waals surface area contributed by atoms with Gasteiger partial charge >= 0.3 is 0 Å². The first-order valence-electron chi connectivity index (χ1n) is 7.74. The van der Waals surface area contributed by atoms with E-state index in [2.05, 4.69) is 20.6 Å². The van der Waals surface area contributed by atoms with Crippen molar-refractivity contribution in [3.63, 3.8) is 0 Å². The SMILES string of the molecule is O=S(=O)(O)c1cccc(Nc2cc(Cl)nc(Nc3cccc(S(=O)(=O)O)c3)n2)c1. The Balaban J connectivity index is 1.88. The zero-order valence-corrected chi connectivity index (χ0v) is 16.7. The molecule has 1 aromatic heterocycles. The second-order valence-electron chi connectivity index (χ2n) is 5.66. The van der Waals surface area contributed by atoms with Gasteiger partial charge in [-0.05, 0) is 36.4 Å². The number of nitrogens with one attached hydrogen (secondary N) is 2. The van der Waals surface area contributed by atoms with E-state index in [1.54, 1.807) is 6.07 Å². The van der Waals surface area contributed by atoms with Crippen molar-refractivity contribution in [3.05, 3.63) is 59.8 Å². The molecule has 0 unspecified atom stereocenters. The summed E-state index contributed by atoms with van der Waals surface area (Å²) in [6, 6.07) is 12.1. The Labute approximate surface area is 171 Å². The molecule has 13 heteroatoms. The van der Waals surface area contributed by atoms with Crippen molar-refractivity contribution >= 4 is 55.0 Å². The Morgan fingerprint density at radius 3 is 1.79 bits per heavy atom. The summed E-state index contributed by atoms with van der Waals surface area (Å²) in [6.07, 6.45) is 0. The molecule has 3 rings (SSSR count). The normalized spacial score (nSPS) is 11.8. The van der Waals surface area contributed by atoms with Crippen LogP contribution < -0.4 is 10.6 Å². The first-order valence-corrected chi connectivity index (χ1v) is 11.0. The molecule has 0 saturated heterocycles. The molecule has 0 bridgehead atoms. The van der Waals surface area contributed by atoms with E-state index in [1.165, 1.54) is 48.5 Å². The fourth-order valence-electron chi connectivity index (χ4n) is 2.28. The molecule has 3 aromatic rings. The van der Waals surface area contributed by atoms with Crippen molar-refractivity contribution in [1.29, 1.82) is 0 Å². The maximum atomic E-state index is 11.3. The monoisotopic (exact) mass is 456 g/mol. The third-order valence-corrected chi connectivity index (χ3v) is 5.38. The molecule has 0 aliphatic rings. The van der Waals surface area contributed by atoms with Gasteiger partial charge in [0.05, 0.1) is 9.79 Å². The summed E-state index contributed by atoms with van der Waals surface area (Å²) in [7, 11) is -8.75. The predicted octanol–water partition coefficient (Wildman–Crippen LogP) is 3.11. The van der Waals surface area contributed by atoms with Crippen LogP contribution in [-0.2, 0) is 20.2 Å². The van der Waals surface area contributed by atoms with E-state index < -0.39 is 20.2 Å². The van der Waals surface area contributed by atoms with Gasteiger partial charge in [-0.3, -0.25) is 9.11 Å². The summed E-state index contributed by atoms with van der Waals surface area (Å²) in [5, 5.41) is 5.64. The standard InChI is InChI=1S/C16H13ClN4O6S2/c17-14-9-15(18-10-3-1-5-12(7-10)28(22,23)24)21-16(20-14)19-11-4-2-6-13(8-11)29(25,26)27/h1-9H,(H,22,23,24)(H,25,26,27)(H2,18,19,20,21). The highest BCUT2D eigenvalue weighted by atomic mass is 35.5. The van der Waals surface area contributed by atoms with E-state index in [1.807, 2.05) is 0 Å². The van der Waals surface area contributed by atoms with Crippen LogP contribution in [0.4, 0.5) is 23.1 Å². The lowest BCUT2D eigenvalue weighted by Gasteiger charge is -2.10. The topological polar surface area (TPSA) is 159 Å². The molecule has 0 spiro atoms. The summed E-state index contributed by atoms with van der Waals surface area (Å²) in [5.41, 5.74) is 0.593. The number of rotatable bonds is 6. The van der Waals surface area contributed by atoms with Crippen molar-refractivity contribution in [2.24, 2.45) is 0 Å². The van der Waals surface area contributed by atoms with Crippen LogP contribution in [0.1, 0.15) is 0 Å². The Hall–Kier alpha value is -2.77. The number of nitrogens with zero attached hydrogens (tertiary/aromatic N) is 2. The van der Waals surface area contributed by atoms with Crippen LogP contribution in [-0.4, -0.2) is 35.9 Å². The molecule has 0 aliphatic heterocycles. The molecule has 0 fully saturated rings. The summed E-state index contributed by atoms with van der Waals surface area (Å²) in [5.74, 6) is 0.212. The fraction of sp³-hybridized carbons (Fsp3) is 0. The van der Waals surface area contributed by atoms with Gasteiger partial charge in [-0.15, -0.1) is 0 Å². The molecule has 0 atom stereocenters. The minimum atomic E-state index is -4.38. The third-order valence-electron chi connectivity index (χ3n) is 3.49. The van der Waals surface area contributed by atoms with E-state index in [0.717, 1.165) is 0 Å². The van der Waals surface area contributed by atoms with Crippen molar-refractivity contribution in [2.45, 2.75) is 9.79 Å². The van der Waals surface area contributed by atoms with Gasteiger partial charge in [0.15, 0.2) is 0 Å². The number of aromatic nitrogens is 2. The molecule has 29 heavy (non-hydrogen) atoms. The molecule has 4 N–H and O–H groups in total. The zero-order valence-electron chi connectivity index (χ0n) is 14.3. The van der Waals surface area contributed by atoms with Crippen LogP contribution in [0.15, 0.2) is 64.4 Å². The summed E-state index contributed by atoms with van der Waals surface area (Å²) < 4.78 is 63.3. The number of hydrogen-bond donors (Lipinski definition) is 4. The summed E-state index contributed by atoms with van der Waals surface area (Å²) in [4.78, 5) is 7.52. The van der Waals surface area contributed by atoms with Crippen LogP contribution >= 0.6 is 11.6 Å². The Bertz CT molecular complexity index is 1190. The molecule has 0 amide bonds. The van der Waals surface area contributed by atoms with Crippen LogP contribution in [0.3, 0.4) is 0 Å². The highest BCUT2D eigenvalue weighted by Gasteiger charge is 2.12. The zero-order chi connectivity index (χ0) is 21.2. The summed E-state index contributed by atoms with van der Waals surface area (Å²) in [6.45, 7) is 0. The molecule has 0 aliphatic carbocycles. The van der Waals surface area contributed by atoms with Crippen LogP contribution in [0.2, 0.25) is 5.15 Å². The minimum Gasteiger partial charge on any atom is -0.340 e. The highest BCUT2D eigenvalue weighted by Crippen LogP contribution is 2.24. The van der Waals surface area contributed by atoms with Gasteiger partial charge in [-0.2, -0.15) is 21.8 Å². The molecule has 0 radical (unpaired) electrons. The minimum absolute atomic E-state index is 0.0124. The van der Waals surface area contributed by atoms with Gasteiger partial charge in [0.1, 0.15) is 11.0 Å². The van der Waals surface area contributed by atoms with Crippen LogP contribution in [0.25, 0.3) is 0 Å². The largest absolute Gasteiger partial charge is 0.340 e. The average molecular weight is 457 g/mol. The Kier molecular flexibility index (Phi) is 5.73. The van der Waals surface area contributed by atoms with Gasteiger partial charge in [-0.1, -0.05) is 23.7 Å². The Morgan fingerprint density at radius 2 is 1.28 bits per heavy atom. The van der Waals surface area contributed by atoms with E-state index in [-0.39, 0.29) is 32.4 Å². The first-order chi connectivity index (χ1) is 13.5. The maximum Gasteiger partial charge on any atom is 0.294 e. The smallest absolute Gasteiger partial charge is 0.294 e. The summed E-state index contributed by atoms with van der Waals surface area (Å²) >= 11 is 5.99. The van der Waals surface area contributed by atoms with Gasteiger partial charge in [-0.25, -0.2) is 4.98 Å². The predicted molar refractivity (Wildman–Crippen MR) is 106 cm³/mol. The van der Waals surface area contributed by atoms with Gasteiger partial charge < -0.3 is 10.6 Å². The third kappa shape index (κ3) is 5.62. The molecule has 1 heterocycles. The lowest BCUT2D eigenvalue weighted by atomic mass is 10.3. The van der Waals surface area contributed by atoms with Crippen LogP contribution in [0.5, 0.6) is 0 Å². The molecule has 10 nitrogen and oxygen atoms in total. The van der Waals surface area contributed by atoms with E-state index in [9.17, 15) is 16.8 Å². The molecule has 152 valence electrons. The Morgan fingerprint density at radius 1 is 0.759 bits per heavy atom. The van der Waals surface area contributed by atoms with Gasteiger partial charge in [0, 0.05) is 17.4 Å². The quantitative estimate of drug-likeness (QED) is 0.320. The van der Waals surface area contributed by atoms with Crippen molar-refractivity contribution in [2.75, 3.05) is 10.6 Å². The van der Waals surface area contributed by atoms with E-state index in [0.29, 0.717) is 5.69 Å². The van der Waals surface area contributed by atoms with Gasteiger partial charge in [0.2, 0.25) is 5.95 Å². The second-order valence-corrected chi connectivity index (χ2v) is 8.89. The van der Waals surface area contributed by atoms with Crippen molar-refractivity contribution in [1.82, 2.24) is 9.97 Å². The number of hydrogen-bond acceptors (Lipinski definition) is 8. The molecule has 2 aromatic carbocycles. The number of anilines is 4. The van der Waals surface area contributed by atoms with Crippen molar-refractivity contribution in [3.8, 4) is 0 Å². The lowest BCUT2D eigenvalue weighted by molar-refractivity contribution is 0.481.